The molecule has 1 fully saturated rings. The van der Waals surface area contributed by atoms with Gasteiger partial charge in [0.25, 0.3) is 0 Å². The molecule has 1 saturated carbocycles. The second-order valence-electron chi connectivity index (χ2n) is 5.06. The minimum atomic E-state index is 0.328. The number of nitrogens with one attached hydrogen (secondary N) is 1. The van der Waals surface area contributed by atoms with Crippen molar-refractivity contribution in [2.75, 3.05) is 6.61 Å². The molecular weight excluding hydrogens is 186 g/mol. The van der Waals surface area contributed by atoms with Crippen LogP contribution < -0.4 is 5.32 Å². The molecule has 15 heavy (non-hydrogen) atoms. The Labute approximate surface area is 94.5 Å². The van der Waals surface area contributed by atoms with Crippen LogP contribution in [0.25, 0.3) is 0 Å². The highest BCUT2D eigenvalue weighted by atomic mass is 16.2. The van der Waals surface area contributed by atoms with Crippen molar-refractivity contribution < 1.29 is 5.11 Å². The molecule has 0 radical (unpaired) electrons. The molecule has 2 heteroatoms. The summed E-state index contributed by atoms with van der Waals surface area (Å²) in [5.41, 5.74) is 0. The molecule has 0 bridgehead atoms. The van der Waals surface area contributed by atoms with Crippen molar-refractivity contribution in [1.82, 2.24) is 5.32 Å². The Kier molecular flexibility index (Phi) is 6.26. The first-order valence-corrected chi connectivity index (χ1v) is 6.63. The second-order valence-corrected chi connectivity index (χ2v) is 5.06. The van der Waals surface area contributed by atoms with Crippen LogP contribution in [0.4, 0.5) is 0 Å². The summed E-state index contributed by atoms with van der Waals surface area (Å²) in [6.45, 7) is 4.87. The van der Waals surface area contributed by atoms with E-state index in [0.717, 1.165) is 24.8 Å². The molecule has 0 aliphatic heterocycles. The molecule has 1 atom stereocenters. The lowest BCUT2D eigenvalue weighted by Crippen LogP contribution is -2.39. The summed E-state index contributed by atoms with van der Waals surface area (Å²) in [6, 6.07) is 1.31. The van der Waals surface area contributed by atoms with E-state index in [2.05, 4.69) is 19.2 Å². The minimum absolute atomic E-state index is 0.328. The molecule has 0 aromatic heterocycles. The van der Waals surface area contributed by atoms with Crippen LogP contribution in [-0.2, 0) is 0 Å². The van der Waals surface area contributed by atoms with E-state index in [1.165, 1.54) is 32.1 Å². The smallest absolute Gasteiger partial charge is 0.0431 e. The van der Waals surface area contributed by atoms with Gasteiger partial charge in [0.05, 0.1) is 0 Å². The molecule has 0 amide bonds. The highest BCUT2D eigenvalue weighted by Crippen LogP contribution is 2.26. The Balaban J connectivity index is 2.12. The molecule has 0 unspecified atom stereocenters. The molecule has 1 aliphatic rings. The fourth-order valence-electron chi connectivity index (χ4n) is 2.62. The molecule has 2 N–H and O–H groups in total. The largest absolute Gasteiger partial charge is 0.396 e. The Morgan fingerprint density at radius 3 is 2.47 bits per heavy atom. The van der Waals surface area contributed by atoms with Crippen molar-refractivity contribution >= 4 is 0 Å². The summed E-state index contributed by atoms with van der Waals surface area (Å²) in [5, 5.41) is 12.4. The summed E-state index contributed by atoms with van der Waals surface area (Å²) < 4.78 is 0. The number of hydrogen-bond donors (Lipinski definition) is 2. The quantitative estimate of drug-likeness (QED) is 0.711. The van der Waals surface area contributed by atoms with Crippen molar-refractivity contribution in [3.63, 3.8) is 0 Å². The van der Waals surface area contributed by atoms with Gasteiger partial charge in [0.15, 0.2) is 0 Å². The molecule has 2 nitrogen and oxygen atoms in total. The highest BCUT2D eigenvalue weighted by Gasteiger charge is 2.20. The van der Waals surface area contributed by atoms with Crippen LogP contribution >= 0.6 is 0 Å². The molecule has 0 aromatic rings. The molecule has 0 aromatic carbocycles. The predicted molar refractivity (Wildman–Crippen MR) is 65.0 cm³/mol. The lowest BCUT2D eigenvalue weighted by atomic mass is 9.84. The van der Waals surface area contributed by atoms with Crippen molar-refractivity contribution in [2.24, 2.45) is 5.92 Å². The molecule has 1 aliphatic carbocycles. The summed E-state index contributed by atoms with van der Waals surface area (Å²) in [6.07, 6.45) is 8.89. The Morgan fingerprint density at radius 2 is 1.93 bits per heavy atom. The maximum absolute atomic E-state index is 8.76. The maximum Gasteiger partial charge on any atom is 0.0431 e. The molecule has 0 spiro atoms. The summed E-state index contributed by atoms with van der Waals surface area (Å²) in [7, 11) is 0. The number of aliphatic hydroxyl groups is 1. The minimum Gasteiger partial charge on any atom is -0.396 e. The van der Waals surface area contributed by atoms with E-state index in [-0.39, 0.29) is 0 Å². The third-order valence-corrected chi connectivity index (χ3v) is 3.74. The third-order valence-electron chi connectivity index (χ3n) is 3.74. The van der Waals surface area contributed by atoms with Gasteiger partial charge in [-0.2, -0.15) is 0 Å². The summed E-state index contributed by atoms with van der Waals surface area (Å²) in [5.74, 6) is 0.982. The zero-order chi connectivity index (χ0) is 11.1. The van der Waals surface area contributed by atoms with E-state index < -0.39 is 0 Å². The molecule has 1 rings (SSSR count). The average Bonchev–Trinajstić information content (AvgIpc) is 2.27. The number of rotatable bonds is 6. The normalized spacial score (nSPS) is 29.0. The Morgan fingerprint density at radius 1 is 1.27 bits per heavy atom. The van der Waals surface area contributed by atoms with Gasteiger partial charge in [-0.25, -0.2) is 0 Å². The van der Waals surface area contributed by atoms with Crippen LogP contribution in [0, 0.1) is 5.92 Å². The second kappa shape index (κ2) is 7.24. The first-order valence-electron chi connectivity index (χ1n) is 6.63. The van der Waals surface area contributed by atoms with Crippen LogP contribution in [0.5, 0.6) is 0 Å². The monoisotopic (exact) mass is 213 g/mol. The highest BCUT2D eigenvalue weighted by molar-refractivity contribution is 4.78. The van der Waals surface area contributed by atoms with Gasteiger partial charge in [0.2, 0.25) is 0 Å². The first-order chi connectivity index (χ1) is 7.26. The van der Waals surface area contributed by atoms with Gasteiger partial charge in [-0.15, -0.1) is 0 Å². The Bertz CT molecular complexity index is 153. The number of aliphatic hydroxyl groups excluding tert-OH is 1. The first kappa shape index (κ1) is 13.0. The molecular formula is C13H27NO. The molecule has 90 valence electrons. The maximum atomic E-state index is 8.76. The van der Waals surface area contributed by atoms with Crippen molar-refractivity contribution in [3.05, 3.63) is 0 Å². The summed E-state index contributed by atoms with van der Waals surface area (Å²) >= 11 is 0. The number of hydrogen-bond acceptors (Lipinski definition) is 2. The lowest BCUT2D eigenvalue weighted by molar-refractivity contribution is 0.250. The van der Waals surface area contributed by atoms with E-state index >= 15 is 0 Å². The van der Waals surface area contributed by atoms with Crippen LogP contribution in [0.15, 0.2) is 0 Å². The van der Waals surface area contributed by atoms with Crippen LogP contribution in [0.3, 0.4) is 0 Å². The lowest BCUT2D eigenvalue weighted by Gasteiger charge is -2.30. The predicted octanol–water partition coefficient (Wildman–Crippen LogP) is 2.71. The van der Waals surface area contributed by atoms with Gasteiger partial charge < -0.3 is 10.4 Å². The van der Waals surface area contributed by atoms with Crippen LogP contribution in [0.2, 0.25) is 0 Å². The van der Waals surface area contributed by atoms with Gasteiger partial charge in [-0.3, -0.25) is 0 Å². The zero-order valence-corrected chi connectivity index (χ0v) is 10.3. The van der Waals surface area contributed by atoms with Gasteiger partial charge in [-0.1, -0.05) is 13.3 Å². The average molecular weight is 213 g/mol. The molecule has 0 heterocycles. The van der Waals surface area contributed by atoms with Crippen LogP contribution in [-0.4, -0.2) is 23.8 Å². The van der Waals surface area contributed by atoms with Gasteiger partial charge >= 0.3 is 0 Å². The summed E-state index contributed by atoms with van der Waals surface area (Å²) in [4.78, 5) is 0. The SMILES string of the molecule is CCC1CCC(N[C@H](C)CCCO)CC1. The molecule has 0 saturated heterocycles. The van der Waals surface area contributed by atoms with E-state index in [1.807, 2.05) is 0 Å². The van der Waals surface area contributed by atoms with E-state index in [9.17, 15) is 0 Å². The van der Waals surface area contributed by atoms with E-state index in [1.54, 1.807) is 0 Å². The fourth-order valence-corrected chi connectivity index (χ4v) is 2.62. The Hall–Kier alpha value is -0.0800. The van der Waals surface area contributed by atoms with E-state index in [4.69, 9.17) is 5.11 Å². The van der Waals surface area contributed by atoms with Crippen molar-refractivity contribution in [3.8, 4) is 0 Å². The topological polar surface area (TPSA) is 32.3 Å². The van der Waals surface area contributed by atoms with E-state index in [0.29, 0.717) is 12.6 Å². The van der Waals surface area contributed by atoms with Gasteiger partial charge in [0.1, 0.15) is 0 Å². The van der Waals surface area contributed by atoms with Crippen molar-refractivity contribution in [1.29, 1.82) is 0 Å². The third kappa shape index (κ3) is 4.98. The van der Waals surface area contributed by atoms with Crippen LogP contribution in [0.1, 0.15) is 58.8 Å². The standard InChI is InChI=1S/C13H27NO/c1-3-12-6-8-13(9-7-12)14-11(2)5-4-10-15/h11-15H,3-10H2,1-2H3/t11-,12?,13?/m1/s1. The van der Waals surface area contributed by atoms with Gasteiger partial charge in [-0.05, 0) is 51.4 Å². The fraction of sp³-hybridized carbons (Fsp3) is 1.00. The zero-order valence-electron chi connectivity index (χ0n) is 10.3. The van der Waals surface area contributed by atoms with Crippen molar-refractivity contribution in [2.45, 2.75) is 70.9 Å². The van der Waals surface area contributed by atoms with Gasteiger partial charge in [0, 0.05) is 18.7 Å².